The average molecular weight is 442 g/mol. The van der Waals surface area contributed by atoms with Crippen molar-refractivity contribution in [3.8, 4) is 0 Å². The normalized spacial score (nSPS) is 23.4. The molecule has 2 aromatic heterocycles. The van der Waals surface area contributed by atoms with Gasteiger partial charge in [-0.25, -0.2) is 0 Å². The monoisotopic (exact) mass is 441 g/mol. The highest BCUT2D eigenvalue weighted by Crippen LogP contribution is 2.26. The fourth-order valence-electron chi connectivity index (χ4n) is 4.99. The first-order valence-corrected chi connectivity index (χ1v) is 12.4. The fourth-order valence-corrected chi connectivity index (χ4v) is 4.99. The van der Waals surface area contributed by atoms with E-state index in [1.807, 2.05) is 12.4 Å². The van der Waals surface area contributed by atoms with Gasteiger partial charge < -0.3 is 19.6 Å². The number of nitrogens with one attached hydrogen (secondary N) is 2. The van der Waals surface area contributed by atoms with Crippen LogP contribution in [-0.4, -0.2) is 57.8 Å². The lowest BCUT2D eigenvalue weighted by Crippen LogP contribution is -2.48. The Morgan fingerprint density at radius 2 is 2.09 bits per heavy atom. The van der Waals surface area contributed by atoms with Crippen LogP contribution in [0.15, 0.2) is 34.1 Å². The summed E-state index contributed by atoms with van der Waals surface area (Å²) in [7, 11) is 0. The molecule has 0 spiro atoms. The van der Waals surface area contributed by atoms with Gasteiger partial charge in [0.15, 0.2) is 5.96 Å². The minimum absolute atomic E-state index is 0.194. The summed E-state index contributed by atoms with van der Waals surface area (Å²) < 4.78 is 7.91. The lowest BCUT2D eigenvalue weighted by Gasteiger charge is -2.31. The van der Waals surface area contributed by atoms with E-state index in [1.165, 1.54) is 38.5 Å². The summed E-state index contributed by atoms with van der Waals surface area (Å²) in [6, 6.07) is 4.73. The first-order valence-electron chi connectivity index (χ1n) is 12.4. The largest absolute Gasteiger partial charge is 0.468 e. The molecule has 8 nitrogen and oxygen atoms in total. The molecule has 1 saturated carbocycles. The molecule has 1 aliphatic carbocycles. The van der Waals surface area contributed by atoms with Crippen LogP contribution in [0.3, 0.4) is 0 Å². The molecule has 1 aliphatic heterocycles. The zero-order valence-corrected chi connectivity index (χ0v) is 19.7. The highest BCUT2D eigenvalue weighted by molar-refractivity contribution is 5.80. The number of hydrogen-bond acceptors (Lipinski definition) is 5. The number of aliphatic imine (C=N–C) groups is 1. The lowest BCUT2D eigenvalue weighted by molar-refractivity contribution is 0.221. The van der Waals surface area contributed by atoms with Crippen LogP contribution in [-0.2, 0) is 13.0 Å². The van der Waals surface area contributed by atoms with E-state index < -0.39 is 0 Å². The van der Waals surface area contributed by atoms with Gasteiger partial charge in [-0.15, -0.1) is 10.2 Å². The van der Waals surface area contributed by atoms with Crippen LogP contribution in [0.1, 0.15) is 70.0 Å². The van der Waals surface area contributed by atoms with Gasteiger partial charge >= 0.3 is 0 Å². The molecule has 8 heteroatoms. The van der Waals surface area contributed by atoms with Gasteiger partial charge in [0.05, 0.1) is 18.8 Å². The van der Waals surface area contributed by atoms with E-state index in [-0.39, 0.29) is 6.04 Å². The summed E-state index contributed by atoms with van der Waals surface area (Å²) in [5, 5.41) is 15.6. The number of nitrogens with zero attached hydrogens (tertiary/aromatic N) is 5. The third kappa shape index (κ3) is 5.91. The van der Waals surface area contributed by atoms with Crippen molar-refractivity contribution in [2.24, 2.45) is 10.9 Å². The summed E-state index contributed by atoms with van der Waals surface area (Å²) in [6.45, 7) is 9.00. The van der Waals surface area contributed by atoms with Gasteiger partial charge in [-0.2, -0.15) is 0 Å². The van der Waals surface area contributed by atoms with Crippen molar-refractivity contribution in [1.29, 1.82) is 0 Å². The van der Waals surface area contributed by atoms with Crippen LogP contribution in [0.5, 0.6) is 0 Å². The molecule has 2 N–H and O–H groups in total. The van der Waals surface area contributed by atoms with E-state index in [4.69, 9.17) is 9.41 Å². The molecule has 0 aromatic carbocycles. The van der Waals surface area contributed by atoms with Crippen LogP contribution in [0.25, 0.3) is 0 Å². The van der Waals surface area contributed by atoms with E-state index in [0.717, 1.165) is 50.1 Å². The quantitative estimate of drug-likeness (QED) is 0.458. The standard InChI is InChI=1S/C24H39N7O/c1-3-23-29-27-18-31(23)15-12-25-24(28-20-10-5-4-9-19(20)2)26-17-21(22-11-8-16-32-22)30-13-6-7-14-30/h8,11,16,18-21H,3-7,9-10,12-15,17H2,1-2H3,(H2,25,26,28). The molecule has 2 aromatic rings. The molecular weight excluding hydrogens is 402 g/mol. The average Bonchev–Trinajstić information content (AvgIpc) is 3.58. The Bertz CT molecular complexity index is 825. The second-order valence-electron chi connectivity index (χ2n) is 9.20. The number of likely N-dealkylation sites (tertiary alicyclic amines) is 1. The molecule has 4 rings (SSSR count). The molecule has 2 fully saturated rings. The molecule has 3 unspecified atom stereocenters. The number of aromatic nitrogens is 3. The molecule has 0 radical (unpaired) electrons. The van der Waals surface area contributed by atoms with Gasteiger partial charge in [0.2, 0.25) is 0 Å². The first-order chi connectivity index (χ1) is 15.7. The Morgan fingerprint density at radius 3 is 2.84 bits per heavy atom. The van der Waals surface area contributed by atoms with Crippen molar-refractivity contribution >= 4 is 5.96 Å². The Balaban J connectivity index is 1.44. The fraction of sp³-hybridized carbons (Fsp3) is 0.708. The van der Waals surface area contributed by atoms with Crippen LogP contribution < -0.4 is 10.6 Å². The lowest BCUT2D eigenvalue weighted by atomic mass is 9.86. The van der Waals surface area contributed by atoms with Crippen molar-refractivity contribution in [3.05, 3.63) is 36.3 Å². The molecule has 1 saturated heterocycles. The summed E-state index contributed by atoms with van der Waals surface area (Å²) in [4.78, 5) is 7.57. The van der Waals surface area contributed by atoms with Gasteiger partial charge in [-0.3, -0.25) is 9.89 Å². The van der Waals surface area contributed by atoms with Crippen LogP contribution in [0, 0.1) is 5.92 Å². The number of rotatable bonds is 9. The summed E-state index contributed by atoms with van der Waals surface area (Å²) in [5.41, 5.74) is 0. The van der Waals surface area contributed by atoms with E-state index in [9.17, 15) is 0 Å². The smallest absolute Gasteiger partial charge is 0.191 e. The summed E-state index contributed by atoms with van der Waals surface area (Å²) >= 11 is 0. The molecule has 176 valence electrons. The number of hydrogen-bond donors (Lipinski definition) is 2. The number of guanidine groups is 1. The Labute approximate surface area is 191 Å². The second kappa shape index (κ2) is 11.5. The summed E-state index contributed by atoms with van der Waals surface area (Å²) in [6.07, 6.45) is 12.1. The molecule has 3 heterocycles. The predicted molar refractivity (Wildman–Crippen MR) is 127 cm³/mol. The summed E-state index contributed by atoms with van der Waals surface area (Å²) in [5.74, 6) is 3.61. The molecule has 32 heavy (non-hydrogen) atoms. The van der Waals surface area contributed by atoms with Gasteiger partial charge in [-0.1, -0.05) is 26.7 Å². The van der Waals surface area contributed by atoms with Gasteiger partial charge in [0, 0.05) is 25.6 Å². The van der Waals surface area contributed by atoms with Crippen LogP contribution in [0.4, 0.5) is 0 Å². The maximum atomic E-state index is 5.79. The zero-order chi connectivity index (χ0) is 22.2. The van der Waals surface area contributed by atoms with Gasteiger partial charge in [0.25, 0.3) is 0 Å². The third-order valence-corrected chi connectivity index (χ3v) is 6.97. The van der Waals surface area contributed by atoms with E-state index in [2.05, 4.69) is 50.2 Å². The highest BCUT2D eigenvalue weighted by atomic mass is 16.3. The highest BCUT2D eigenvalue weighted by Gasteiger charge is 2.26. The molecular formula is C24H39N7O. The number of aryl methyl sites for hydroxylation is 1. The van der Waals surface area contributed by atoms with Crippen LogP contribution >= 0.6 is 0 Å². The molecule has 0 amide bonds. The van der Waals surface area contributed by atoms with Gasteiger partial charge in [0.1, 0.15) is 17.9 Å². The Kier molecular flexibility index (Phi) is 8.20. The Hall–Kier alpha value is -2.35. The predicted octanol–water partition coefficient (Wildman–Crippen LogP) is 3.38. The zero-order valence-electron chi connectivity index (χ0n) is 19.7. The minimum Gasteiger partial charge on any atom is -0.468 e. The van der Waals surface area contributed by atoms with Crippen molar-refractivity contribution in [3.63, 3.8) is 0 Å². The third-order valence-electron chi connectivity index (χ3n) is 6.97. The molecule has 3 atom stereocenters. The van der Waals surface area contributed by atoms with Crippen molar-refractivity contribution in [2.75, 3.05) is 26.2 Å². The maximum Gasteiger partial charge on any atom is 0.191 e. The molecule has 0 bridgehead atoms. The van der Waals surface area contributed by atoms with Crippen molar-refractivity contribution in [1.82, 2.24) is 30.3 Å². The maximum absolute atomic E-state index is 5.79. The van der Waals surface area contributed by atoms with Gasteiger partial charge in [-0.05, 0) is 56.8 Å². The Morgan fingerprint density at radius 1 is 1.25 bits per heavy atom. The second-order valence-corrected chi connectivity index (χ2v) is 9.20. The topological polar surface area (TPSA) is 83.5 Å². The first kappa shape index (κ1) is 22.8. The minimum atomic E-state index is 0.194. The van der Waals surface area contributed by atoms with Crippen molar-refractivity contribution < 1.29 is 4.42 Å². The molecule has 2 aliphatic rings. The van der Waals surface area contributed by atoms with Crippen LogP contribution in [0.2, 0.25) is 0 Å². The SMILES string of the molecule is CCc1nncn1CCNC(=NCC(c1ccco1)N1CCCC1)NC1CCCCC1C. The van der Waals surface area contributed by atoms with Crippen molar-refractivity contribution in [2.45, 2.75) is 77.4 Å². The number of furan rings is 1. The van der Waals surface area contributed by atoms with E-state index in [0.29, 0.717) is 18.5 Å². The van der Waals surface area contributed by atoms with E-state index >= 15 is 0 Å². The van der Waals surface area contributed by atoms with E-state index in [1.54, 1.807) is 6.26 Å².